The van der Waals surface area contributed by atoms with Crippen molar-refractivity contribution in [3.05, 3.63) is 374 Å². The molecule has 20 rings (SSSR count). The first-order chi connectivity index (χ1) is 47.2. The molecule has 4 heterocycles. The van der Waals surface area contributed by atoms with Crippen LogP contribution in [0, 0.1) is 0 Å². The van der Waals surface area contributed by atoms with Gasteiger partial charge in [-0.05, 0) is 181 Å². The Morgan fingerprint density at radius 1 is 0.189 bits per heavy atom. The van der Waals surface area contributed by atoms with Crippen LogP contribution in [0.3, 0.4) is 0 Å². The van der Waals surface area contributed by atoms with Gasteiger partial charge in [0.2, 0.25) is 0 Å². The second kappa shape index (κ2) is 20.8. The molecule has 1 aliphatic heterocycles. The highest BCUT2D eigenvalue weighted by molar-refractivity contribution is 6.22. The van der Waals surface area contributed by atoms with Crippen LogP contribution in [0.25, 0.3) is 138 Å². The third kappa shape index (κ3) is 7.77. The van der Waals surface area contributed by atoms with Crippen molar-refractivity contribution in [1.82, 2.24) is 13.7 Å². The summed E-state index contributed by atoms with van der Waals surface area (Å²) >= 11 is 0. The first-order valence-electron chi connectivity index (χ1n) is 32.9. The van der Waals surface area contributed by atoms with Gasteiger partial charge in [-0.1, -0.05) is 249 Å². The van der Waals surface area contributed by atoms with Gasteiger partial charge in [0.05, 0.1) is 49.9 Å². The summed E-state index contributed by atoms with van der Waals surface area (Å²) in [6.45, 7) is 0. The van der Waals surface area contributed by atoms with E-state index in [0.717, 1.165) is 22.7 Å². The molecule has 0 N–H and O–H groups in total. The van der Waals surface area contributed by atoms with Crippen LogP contribution in [-0.2, 0) is 5.41 Å². The van der Waals surface area contributed by atoms with Gasteiger partial charge in [-0.15, -0.1) is 0 Å². The maximum absolute atomic E-state index is 2.50. The summed E-state index contributed by atoms with van der Waals surface area (Å²) in [6, 6.07) is 131. The first-order valence-corrected chi connectivity index (χ1v) is 32.9. The lowest BCUT2D eigenvalue weighted by molar-refractivity contribution is 0.752. The topological polar surface area (TPSA) is 18.0 Å². The molecule has 95 heavy (non-hydrogen) atoms. The van der Waals surface area contributed by atoms with Crippen LogP contribution in [-0.4, -0.2) is 13.7 Å². The molecular formula is C91H58N4. The summed E-state index contributed by atoms with van der Waals surface area (Å²) in [4.78, 5) is 2.50. The minimum absolute atomic E-state index is 0.563. The van der Waals surface area contributed by atoms with Gasteiger partial charge in [0, 0.05) is 55.1 Å². The van der Waals surface area contributed by atoms with Crippen molar-refractivity contribution in [3.63, 3.8) is 0 Å². The van der Waals surface area contributed by atoms with Gasteiger partial charge in [-0.25, -0.2) is 0 Å². The summed E-state index contributed by atoms with van der Waals surface area (Å²) in [5, 5.41) is 7.47. The number of rotatable bonds is 8. The molecule has 1 aliphatic carbocycles. The molecule has 442 valence electrons. The van der Waals surface area contributed by atoms with Gasteiger partial charge in [0.1, 0.15) is 0 Å². The molecular weight excluding hydrogens is 1150 g/mol. The fourth-order valence-corrected chi connectivity index (χ4v) is 16.7. The highest BCUT2D eigenvalue weighted by Crippen LogP contribution is 2.64. The molecule has 1 spiro atoms. The Morgan fingerprint density at radius 2 is 0.568 bits per heavy atom. The van der Waals surface area contributed by atoms with Gasteiger partial charge in [-0.3, -0.25) is 0 Å². The quantitative estimate of drug-likeness (QED) is 0.148. The first kappa shape index (κ1) is 53.2. The zero-order valence-corrected chi connectivity index (χ0v) is 51.8. The SMILES string of the molecule is c1ccc(-c2cccc(-n3c4ccccc4c4c(-c5cccc6c5c5ccccc5n6-c5ccc(-c6cccc(-c7ccc8c(c7)-c7ccccc7C87c8ccccc8N(c8cccc(-n9c%10ccccc%10c%10ccccc%109)c8)c8ccccc87)c6)cc5)cccc43)c2)cc1. The van der Waals surface area contributed by atoms with Crippen LogP contribution in [0.4, 0.5) is 17.1 Å². The largest absolute Gasteiger partial charge is 0.310 e. The number of nitrogens with zero attached hydrogens (tertiary/aromatic N) is 4. The van der Waals surface area contributed by atoms with E-state index in [1.165, 1.54) is 155 Å². The van der Waals surface area contributed by atoms with Crippen LogP contribution in [0.15, 0.2) is 352 Å². The maximum Gasteiger partial charge on any atom is 0.0754 e. The van der Waals surface area contributed by atoms with E-state index in [1.54, 1.807) is 0 Å². The van der Waals surface area contributed by atoms with E-state index < -0.39 is 5.41 Å². The molecule has 0 atom stereocenters. The van der Waals surface area contributed by atoms with E-state index in [1.807, 2.05) is 0 Å². The predicted molar refractivity (Wildman–Crippen MR) is 397 cm³/mol. The molecule has 0 bridgehead atoms. The number of hydrogen-bond donors (Lipinski definition) is 0. The molecule has 18 aromatic rings. The maximum atomic E-state index is 2.50. The molecule has 4 nitrogen and oxygen atoms in total. The van der Waals surface area contributed by atoms with Crippen molar-refractivity contribution in [1.29, 1.82) is 0 Å². The lowest BCUT2D eigenvalue weighted by Crippen LogP contribution is -2.36. The Hall–Kier alpha value is -12.5. The van der Waals surface area contributed by atoms with Gasteiger partial charge in [-0.2, -0.15) is 0 Å². The molecule has 0 amide bonds. The van der Waals surface area contributed by atoms with Gasteiger partial charge >= 0.3 is 0 Å². The summed E-state index contributed by atoms with van der Waals surface area (Å²) in [7, 11) is 0. The Kier molecular flexibility index (Phi) is 11.6. The minimum Gasteiger partial charge on any atom is -0.310 e. The van der Waals surface area contributed by atoms with E-state index in [9.17, 15) is 0 Å². The average Bonchev–Trinajstić information content (AvgIpc) is 1.58. The van der Waals surface area contributed by atoms with Crippen molar-refractivity contribution in [2.45, 2.75) is 5.41 Å². The summed E-state index contributed by atoms with van der Waals surface area (Å²) in [5.74, 6) is 0. The molecule has 3 aromatic heterocycles. The fraction of sp³-hybridized carbons (Fsp3) is 0.0110. The number of benzene rings is 15. The standard InChI is InChI=1S/C91H58N4/c1-2-23-59(24-3-1)63-27-19-28-66(56-63)94-84-44-15-8-35-75(84)90-73(37-22-48-88(90)94)72-36-21-47-87-89(72)74-34-7-14-43-83(74)92(87)65-52-49-60(50-53-65)61-25-18-26-62(55-61)64-51-54-78-76(57-64)69-31-4-9-38-77(69)91(78)79-39-10-16-45-85(79)95(86-46-17-11-40-80(86)91)68-30-20-29-67(58-68)93-81-41-12-5-32-70(81)71-33-6-13-42-82(71)93/h1-58H. The lowest BCUT2D eigenvalue weighted by Gasteiger charge is -2.45. The molecule has 0 fully saturated rings. The van der Waals surface area contributed by atoms with Gasteiger partial charge < -0.3 is 18.6 Å². The molecule has 2 aliphatic rings. The van der Waals surface area contributed by atoms with Crippen LogP contribution >= 0.6 is 0 Å². The highest BCUT2D eigenvalue weighted by Gasteiger charge is 2.51. The van der Waals surface area contributed by atoms with E-state index >= 15 is 0 Å². The Labute approximate surface area is 550 Å². The average molecular weight is 1210 g/mol. The van der Waals surface area contributed by atoms with Crippen molar-refractivity contribution in [2.24, 2.45) is 0 Å². The van der Waals surface area contributed by atoms with Crippen LogP contribution < -0.4 is 4.90 Å². The number of fused-ring (bicyclic) bond motifs is 18. The Bertz CT molecular complexity index is 6070. The molecule has 0 radical (unpaired) electrons. The smallest absolute Gasteiger partial charge is 0.0754 e. The van der Waals surface area contributed by atoms with Crippen LogP contribution in [0.2, 0.25) is 0 Å². The van der Waals surface area contributed by atoms with E-state index in [0.29, 0.717) is 0 Å². The van der Waals surface area contributed by atoms with E-state index in [4.69, 9.17) is 0 Å². The zero-order chi connectivity index (χ0) is 62.3. The normalized spacial score (nSPS) is 12.9. The summed E-state index contributed by atoms with van der Waals surface area (Å²) in [5.41, 5.74) is 30.6. The molecule has 0 saturated carbocycles. The number of anilines is 3. The van der Waals surface area contributed by atoms with Gasteiger partial charge in [0.15, 0.2) is 0 Å². The van der Waals surface area contributed by atoms with Crippen molar-refractivity contribution >= 4 is 82.5 Å². The lowest BCUT2D eigenvalue weighted by atomic mass is 9.64. The molecule has 0 unspecified atom stereocenters. The second-order valence-electron chi connectivity index (χ2n) is 25.5. The summed E-state index contributed by atoms with van der Waals surface area (Å²) < 4.78 is 7.31. The van der Waals surface area contributed by atoms with Crippen molar-refractivity contribution in [3.8, 4) is 72.7 Å². The molecule has 4 heteroatoms. The third-order valence-corrected chi connectivity index (χ3v) is 20.6. The Balaban J connectivity index is 0.662. The monoisotopic (exact) mass is 1210 g/mol. The Morgan fingerprint density at radius 3 is 1.20 bits per heavy atom. The summed E-state index contributed by atoms with van der Waals surface area (Å²) in [6.07, 6.45) is 0. The second-order valence-corrected chi connectivity index (χ2v) is 25.5. The predicted octanol–water partition coefficient (Wildman–Crippen LogP) is 23.8. The fourth-order valence-electron chi connectivity index (χ4n) is 16.7. The van der Waals surface area contributed by atoms with E-state index in [-0.39, 0.29) is 0 Å². The van der Waals surface area contributed by atoms with Gasteiger partial charge in [0.25, 0.3) is 0 Å². The van der Waals surface area contributed by atoms with Crippen LogP contribution in [0.1, 0.15) is 22.3 Å². The van der Waals surface area contributed by atoms with E-state index in [2.05, 4.69) is 370 Å². The van der Waals surface area contributed by atoms with Crippen LogP contribution in [0.5, 0.6) is 0 Å². The van der Waals surface area contributed by atoms with Crippen molar-refractivity contribution < 1.29 is 0 Å². The zero-order valence-electron chi connectivity index (χ0n) is 51.8. The minimum atomic E-state index is -0.563. The molecule has 15 aromatic carbocycles. The van der Waals surface area contributed by atoms with Crippen molar-refractivity contribution in [2.75, 3.05) is 4.90 Å². The number of para-hydroxylation sites is 6. The highest BCUT2D eigenvalue weighted by atomic mass is 15.2. The number of aromatic nitrogens is 3. The number of hydrogen-bond acceptors (Lipinski definition) is 1. The molecule has 0 saturated heterocycles. The third-order valence-electron chi connectivity index (χ3n) is 20.6.